The third kappa shape index (κ3) is 24.4. The van der Waals surface area contributed by atoms with E-state index in [9.17, 15) is 0 Å². The number of thiophene rings is 3. The zero-order valence-corrected chi connectivity index (χ0v) is 42.3. The Labute approximate surface area is 379 Å². The molecule has 2 aromatic carbocycles. The van der Waals surface area contributed by atoms with E-state index in [2.05, 4.69) is 206 Å². The molecule has 7 rings (SSSR count). The largest absolute Gasteiger partial charge is 0.472 e. The van der Waals surface area contributed by atoms with Crippen LogP contribution < -0.4 is 0 Å². The van der Waals surface area contributed by atoms with Gasteiger partial charge in [0.2, 0.25) is 0 Å². The standard InChI is InChI=1S/C10H14.C9H12.C8H12S.2C7H10O.2C7H10S/c1-8(2)10-6-4-5-9(3)7-10;1-8(2)9-6-4-3-5-7-9;1-6(2)8-5-4-7(3)9-8;1-6(2)7-3-4-8-5-7;1-6(2)7-4-3-5-8-7;1-6(2)7-3-4-8-5-7;1-6(2)7-4-3-5-8-7/h4-8H,1-3H3;3-8H,1-2H3;4-6H,1-3H3;4*3-6H,1-2H3. The lowest BCUT2D eigenvalue weighted by atomic mass is 10.0. The minimum absolute atomic E-state index is 0.519. The third-order valence-corrected chi connectivity index (χ3v) is 12.3. The summed E-state index contributed by atoms with van der Waals surface area (Å²) in [6.45, 7) is 34.9. The second-order valence-corrected chi connectivity index (χ2v) is 20.1. The van der Waals surface area contributed by atoms with Crippen LogP contribution in [-0.2, 0) is 0 Å². The van der Waals surface area contributed by atoms with E-state index in [0.717, 1.165) is 5.76 Å². The predicted octanol–water partition coefficient (Wildman–Crippen LogP) is 19.7. The van der Waals surface area contributed by atoms with E-state index in [1.165, 1.54) is 42.4 Å². The Kier molecular flexibility index (Phi) is 28.0. The molecule has 0 aliphatic carbocycles. The maximum atomic E-state index is 5.09. The van der Waals surface area contributed by atoms with Crippen LogP contribution in [0.1, 0.15) is 187 Å². The molecule has 0 radical (unpaired) electrons. The molecule has 0 saturated heterocycles. The molecular weight excluding hydrogens is 789 g/mol. The maximum Gasteiger partial charge on any atom is 0.106 e. The van der Waals surface area contributed by atoms with Gasteiger partial charge in [0, 0.05) is 20.5 Å². The minimum atomic E-state index is 0.519. The minimum Gasteiger partial charge on any atom is -0.472 e. The number of rotatable bonds is 7. The van der Waals surface area contributed by atoms with Crippen molar-refractivity contribution in [2.75, 3.05) is 0 Å². The van der Waals surface area contributed by atoms with E-state index in [1.807, 2.05) is 46.9 Å². The fourth-order valence-corrected chi connectivity index (χ4v) is 7.52. The summed E-state index contributed by atoms with van der Waals surface area (Å²) in [5, 5.41) is 6.44. The number of hydrogen-bond donors (Lipinski definition) is 0. The van der Waals surface area contributed by atoms with Gasteiger partial charge in [0.1, 0.15) is 5.76 Å². The highest BCUT2D eigenvalue weighted by Gasteiger charge is 2.01. The Morgan fingerprint density at radius 1 is 0.433 bits per heavy atom. The fraction of sp³-hybridized carbons (Fsp3) is 0.418. The third-order valence-electron chi connectivity index (χ3n) is 9.15. The van der Waals surface area contributed by atoms with E-state index in [-0.39, 0.29) is 0 Å². The average molecular weight is 867 g/mol. The van der Waals surface area contributed by atoms with Crippen LogP contribution in [0.15, 0.2) is 147 Å². The molecule has 60 heavy (non-hydrogen) atoms. The van der Waals surface area contributed by atoms with Gasteiger partial charge < -0.3 is 8.83 Å². The molecule has 0 saturated carbocycles. The first kappa shape index (κ1) is 54.1. The van der Waals surface area contributed by atoms with Gasteiger partial charge in [0.15, 0.2) is 0 Å². The van der Waals surface area contributed by atoms with Crippen molar-refractivity contribution in [3.8, 4) is 0 Å². The molecule has 0 amide bonds. The van der Waals surface area contributed by atoms with Gasteiger partial charge in [0.25, 0.3) is 0 Å². The molecule has 0 N–H and O–H groups in total. The summed E-state index contributed by atoms with van der Waals surface area (Å²) in [5.74, 6) is 5.58. The molecule has 0 unspecified atom stereocenters. The molecule has 2 nitrogen and oxygen atoms in total. The van der Waals surface area contributed by atoms with Crippen LogP contribution in [0.5, 0.6) is 0 Å². The van der Waals surface area contributed by atoms with Crippen molar-refractivity contribution in [2.45, 2.75) is 152 Å². The van der Waals surface area contributed by atoms with Crippen LogP contribution in [0, 0.1) is 13.8 Å². The molecule has 0 fully saturated rings. The summed E-state index contributed by atoms with van der Waals surface area (Å²) in [6.07, 6.45) is 5.19. The Balaban J connectivity index is 0.000000350. The number of hydrogen-bond acceptors (Lipinski definition) is 5. The molecule has 0 atom stereocenters. The summed E-state index contributed by atoms with van der Waals surface area (Å²) in [5.41, 5.74) is 6.92. The first-order valence-electron chi connectivity index (χ1n) is 21.7. The molecule has 0 aliphatic rings. The van der Waals surface area contributed by atoms with E-state index < -0.39 is 0 Å². The Morgan fingerprint density at radius 3 is 1.33 bits per heavy atom. The zero-order valence-electron chi connectivity index (χ0n) is 39.9. The summed E-state index contributed by atoms with van der Waals surface area (Å²) in [7, 11) is 0. The average Bonchev–Trinajstić information content (AvgIpc) is 4.07. The van der Waals surface area contributed by atoms with Gasteiger partial charge in [0.05, 0.1) is 18.8 Å². The van der Waals surface area contributed by atoms with Gasteiger partial charge in [-0.1, -0.05) is 163 Å². The van der Waals surface area contributed by atoms with Crippen molar-refractivity contribution in [1.82, 2.24) is 0 Å². The Hall–Kier alpha value is -3.90. The van der Waals surface area contributed by atoms with E-state index >= 15 is 0 Å². The van der Waals surface area contributed by atoms with Crippen LogP contribution in [0.4, 0.5) is 0 Å². The molecule has 5 heterocycles. The lowest BCUT2D eigenvalue weighted by Crippen LogP contribution is -1.86. The Bertz CT molecular complexity index is 1790. The summed E-state index contributed by atoms with van der Waals surface area (Å²) < 4.78 is 9.97. The van der Waals surface area contributed by atoms with E-state index in [0.29, 0.717) is 41.4 Å². The van der Waals surface area contributed by atoms with Gasteiger partial charge in [-0.15, -0.1) is 22.7 Å². The quantitative estimate of drug-likeness (QED) is 0.160. The zero-order chi connectivity index (χ0) is 45.0. The first-order chi connectivity index (χ1) is 28.4. The first-order valence-corrected chi connectivity index (χ1v) is 24.3. The van der Waals surface area contributed by atoms with Crippen molar-refractivity contribution in [2.24, 2.45) is 0 Å². The SMILES string of the molecule is CC(C)c1ccccc1.CC(C)c1ccco1.CC(C)c1cccs1.CC(C)c1ccoc1.CC(C)c1ccsc1.Cc1ccc(C(C)C)s1.Cc1cccc(C(C)C)c1. The molecule has 5 heteroatoms. The smallest absolute Gasteiger partial charge is 0.106 e. The highest BCUT2D eigenvalue weighted by Crippen LogP contribution is 2.23. The van der Waals surface area contributed by atoms with Gasteiger partial charge in [-0.2, -0.15) is 11.3 Å². The Morgan fingerprint density at radius 2 is 1.05 bits per heavy atom. The molecule has 0 spiro atoms. The van der Waals surface area contributed by atoms with Crippen molar-refractivity contribution < 1.29 is 8.83 Å². The summed E-state index contributed by atoms with van der Waals surface area (Å²) in [4.78, 5) is 4.39. The highest BCUT2D eigenvalue weighted by atomic mass is 32.1. The van der Waals surface area contributed by atoms with Crippen LogP contribution in [0.2, 0.25) is 0 Å². The highest BCUT2D eigenvalue weighted by molar-refractivity contribution is 7.12. The molecule has 5 aromatic heterocycles. The normalized spacial score (nSPS) is 10.4. The van der Waals surface area contributed by atoms with Crippen molar-refractivity contribution >= 4 is 34.0 Å². The van der Waals surface area contributed by atoms with Crippen molar-refractivity contribution in [3.63, 3.8) is 0 Å². The van der Waals surface area contributed by atoms with Gasteiger partial charge in [-0.3, -0.25) is 0 Å². The molecular formula is C55H78O2S3. The van der Waals surface area contributed by atoms with E-state index in [4.69, 9.17) is 8.83 Å². The lowest BCUT2D eigenvalue weighted by Gasteiger charge is -2.04. The van der Waals surface area contributed by atoms with Crippen molar-refractivity contribution in [3.05, 3.63) is 186 Å². The van der Waals surface area contributed by atoms with Gasteiger partial charge >= 0.3 is 0 Å². The second kappa shape index (κ2) is 31.0. The molecule has 328 valence electrons. The fourth-order valence-electron chi connectivity index (χ4n) is 5.08. The maximum absolute atomic E-state index is 5.09. The van der Waals surface area contributed by atoms with Crippen LogP contribution in [0.25, 0.3) is 0 Å². The predicted molar refractivity (Wildman–Crippen MR) is 271 cm³/mol. The molecule has 0 bridgehead atoms. The number of benzene rings is 2. The summed E-state index contributed by atoms with van der Waals surface area (Å²) >= 11 is 5.49. The van der Waals surface area contributed by atoms with Crippen LogP contribution in [-0.4, -0.2) is 0 Å². The number of aryl methyl sites for hydroxylation is 2. The summed E-state index contributed by atoms with van der Waals surface area (Å²) in [6, 6.07) is 35.9. The van der Waals surface area contributed by atoms with Crippen LogP contribution in [0.3, 0.4) is 0 Å². The topological polar surface area (TPSA) is 26.3 Å². The number of furan rings is 2. The van der Waals surface area contributed by atoms with Gasteiger partial charge in [-0.05, 0) is 130 Å². The molecule has 0 aliphatic heterocycles. The lowest BCUT2D eigenvalue weighted by molar-refractivity contribution is 0.487. The monoisotopic (exact) mass is 867 g/mol. The second-order valence-electron chi connectivity index (χ2n) is 17.0. The van der Waals surface area contributed by atoms with Gasteiger partial charge in [-0.25, -0.2) is 0 Å². The van der Waals surface area contributed by atoms with E-state index in [1.54, 1.807) is 30.1 Å². The van der Waals surface area contributed by atoms with Crippen LogP contribution >= 0.6 is 34.0 Å². The van der Waals surface area contributed by atoms with Crippen molar-refractivity contribution in [1.29, 1.82) is 0 Å². The molecule has 7 aromatic rings.